The molecule has 1 aliphatic carbocycles. The fraction of sp³-hybridized carbons (Fsp3) is 0.0714. The van der Waals surface area contributed by atoms with Gasteiger partial charge in [0.15, 0.2) is 0 Å². The summed E-state index contributed by atoms with van der Waals surface area (Å²) in [7, 11) is 0. The highest BCUT2D eigenvalue weighted by Gasteiger charge is 2.28. The molecule has 0 N–H and O–H groups in total. The van der Waals surface area contributed by atoms with Crippen molar-refractivity contribution in [1.29, 1.82) is 0 Å². The highest BCUT2D eigenvalue weighted by Crippen LogP contribution is 2.32. The Morgan fingerprint density at radius 2 is 1.79 bits per heavy atom. The predicted octanol–water partition coefficient (Wildman–Crippen LogP) is 0.966. The van der Waals surface area contributed by atoms with Crippen LogP contribution in [0.5, 0.6) is 0 Å². The van der Waals surface area contributed by atoms with Gasteiger partial charge < -0.3 is 4.74 Å². The third-order valence-corrected chi connectivity index (χ3v) is 2.92. The average molecular weight is 255 g/mol. The molecule has 1 aromatic carbocycles. The van der Waals surface area contributed by atoms with Gasteiger partial charge in [0, 0.05) is 17.7 Å². The number of rotatable bonds is 3. The van der Waals surface area contributed by atoms with Gasteiger partial charge in [-0.2, -0.15) is 0 Å². The van der Waals surface area contributed by atoms with E-state index >= 15 is 0 Å². The quantitative estimate of drug-likeness (QED) is 0.596. The molecule has 2 aliphatic rings. The van der Waals surface area contributed by atoms with Gasteiger partial charge in [-0.3, -0.25) is 14.5 Å². The molecule has 0 spiro atoms. The number of carbonyl (C=O) groups excluding carboxylic acids is 3. The number of nitrogens with zero attached hydrogens (tertiary/aromatic N) is 1. The Morgan fingerprint density at radius 1 is 1.11 bits per heavy atom. The van der Waals surface area contributed by atoms with Crippen LogP contribution >= 0.6 is 0 Å². The largest absolute Gasteiger partial charge is 0.425 e. The number of benzene rings is 1. The maximum absolute atomic E-state index is 11.7. The summed E-state index contributed by atoms with van der Waals surface area (Å²) in [5, 5.41) is 0. The lowest BCUT2D eigenvalue weighted by atomic mass is 9.96. The second kappa shape index (κ2) is 4.20. The number of fused-ring (bicyclic) bond motifs is 1. The van der Waals surface area contributed by atoms with Crippen molar-refractivity contribution in [3.63, 3.8) is 0 Å². The minimum Gasteiger partial charge on any atom is -0.425 e. The summed E-state index contributed by atoms with van der Waals surface area (Å²) in [6.45, 7) is -0.371. The molecule has 2 amide bonds. The van der Waals surface area contributed by atoms with E-state index in [1.165, 1.54) is 0 Å². The van der Waals surface area contributed by atoms with E-state index in [2.05, 4.69) is 0 Å². The van der Waals surface area contributed by atoms with Crippen molar-refractivity contribution in [3.05, 3.63) is 47.5 Å². The topological polar surface area (TPSA) is 63.7 Å². The van der Waals surface area contributed by atoms with Crippen LogP contribution in [0.15, 0.2) is 36.4 Å². The van der Waals surface area contributed by atoms with Gasteiger partial charge in [0.2, 0.25) is 0 Å². The Labute approximate surface area is 108 Å². The van der Waals surface area contributed by atoms with E-state index in [-0.39, 0.29) is 6.54 Å². The maximum atomic E-state index is 11.7. The fourth-order valence-corrected chi connectivity index (χ4v) is 1.94. The highest BCUT2D eigenvalue weighted by molar-refractivity contribution is 6.14. The van der Waals surface area contributed by atoms with Gasteiger partial charge in [0.05, 0.1) is 0 Å². The third kappa shape index (κ3) is 1.95. The minimum atomic E-state index is -0.633. The van der Waals surface area contributed by atoms with E-state index in [0.717, 1.165) is 28.2 Å². The molecule has 0 aromatic heterocycles. The summed E-state index contributed by atoms with van der Waals surface area (Å²) in [5.41, 5.74) is 1.85. The van der Waals surface area contributed by atoms with Gasteiger partial charge in [-0.15, -0.1) is 0 Å². The molecule has 1 aliphatic heterocycles. The molecular weight excluding hydrogens is 246 g/mol. The molecule has 94 valence electrons. The van der Waals surface area contributed by atoms with E-state index in [9.17, 15) is 14.4 Å². The van der Waals surface area contributed by atoms with Crippen LogP contribution in [0.25, 0.3) is 11.8 Å². The first kappa shape index (κ1) is 11.4. The summed E-state index contributed by atoms with van der Waals surface area (Å²) in [6.07, 6.45) is 4.00. The van der Waals surface area contributed by atoms with E-state index in [1.54, 1.807) is 6.08 Å². The van der Waals surface area contributed by atoms with Gasteiger partial charge in [-0.05, 0) is 11.6 Å². The normalized spacial score (nSPS) is 16.0. The zero-order chi connectivity index (χ0) is 13.4. The Balaban J connectivity index is 1.62. The van der Waals surface area contributed by atoms with E-state index in [4.69, 9.17) is 4.74 Å². The highest BCUT2D eigenvalue weighted by atomic mass is 16.5. The van der Waals surface area contributed by atoms with Gasteiger partial charge in [-0.1, -0.05) is 24.3 Å². The number of esters is 1. The molecule has 19 heavy (non-hydrogen) atoms. The molecule has 0 atom stereocenters. The van der Waals surface area contributed by atoms with Crippen LogP contribution in [-0.4, -0.2) is 29.2 Å². The molecule has 0 radical (unpaired) electrons. The number of ether oxygens (including phenoxy) is 1. The van der Waals surface area contributed by atoms with Gasteiger partial charge >= 0.3 is 5.97 Å². The Kier molecular flexibility index (Phi) is 2.52. The standard InChI is InChI=1S/C14H9NO4/c16-12-5-6-13(17)15(12)8-14(18)19-11-7-9-3-1-2-4-10(9)11/h1-7H,8H2. The molecule has 5 nitrogen and oxygen atoms in total. The van der Waals surface area contributed by atoms with Crippen molar-refractivity contribution in [2.75, 3.05) is 6.54 Å². The lowest BCUT2D eigenvalue weighted by Crippen LogP contribution is -2.35. The molecule has 0 saturated carbocycles. The van der Waals surface area contributed by atoms with Crippen LogP contribution in [0.3, 0.4) is 0 Å². The van der Waals surface area contributed by atoms with Crippen LogP contribution in [-0.2, 0) is 19.1 Å². The fourth-order valence-electron chi connectivity index (χ4n) is 1.94. The summed E-state index contributed by atoms with van der Waals surface area (Å²) in [6, 6.07) is 7.48. The van der Waals surface area contributed by atoms with Crippen molar-refractivity contribution >= 4 is 29.6 Å². The second-order valence-corrected chi connectivity index (χ2v) is 4.17. The maximum Gasteiger partial charge on any atom is 0.331 e. The summed E-state index contributed by atoms with van der Waals surface area (Å²) in [4.78, 5) is 35.1. The van der Waals surface area contributed by atoms with Crippen molar-refractivity contribution in [1.82, 2.24) is 4.90 Å². The van der Waals surface area contributed by atoms with E-state index in [1.807, 2.05) is 24.3 Å². The van der Waals surface area contributed by atoms with E-state index in [0.29, 0.717) is 5.76 Å². The summed E-state index contributed by atoms with van der Waals surface area (Å²) >= 11 is 0. The first-order valence-electron chi connectivity index (χ1n) is 5.70. The van der Waals surface area contributed by atoms with Crippen LogP contribution < -0.4 is 0 Å². The number of carbonyl (C=O) groups is 3. The van der Waals surface area contributed by atoms with Gasteiger partial charge in [0.1, 0.15) is 12.3 Å². The smallest absolute Gasteiger partial charge is 0.331 e. The Morgan fingerprint density at radius 3 is 2.47 bits per heavy atom. The zero-order valence-corrected chi connectivity index (χ0v) is 9.83. The molecule has 5 heteroatoms. The SMILES string of the molecule is O=C(CN1C(=O)C=CC1=O)OC1=Cc2ccccc21. The number of hydrogen-bond donors (Lipinski definition) is 0. The summed E-state index contributed by atoms with van der Waals surface area (Å²) in [5.74, 6) is -1.16. The minimum absolute atomic E-state index is 0.371. The lowest BCUT2D eigenvalue weighted by molar-refractivity contribution is -0.147. The van der Waals surface area contributed by atoms with Crippen LogP contribution in [0.2, 0.25) is 0 Å². The van der Waals surface area contributed by atoms with E-state index < -0.39 is 17.8 Å². The van der Waals surface area contributed by atoms with Crippen molar-refractivity contribution in [2.45, 2.75) is 0 Å². The number of hydrogen-bond acceptors (Lipinski definition) is 4. The molecular formula is C14H9NO4. The van der Waals surface area contributed by atoms with Crippen LogP contribution in [0.1, 0.15) is 11.1 Å². The summed E-state index contributed by atoms with van der Waals surface area (Å²) < 4.78 is 5.12. The van der Waals surface area contributed by atoms with Gasteiger partial charge in [-0.25, -0.2) is 4.79 Å². The first-order chi connectivity index (χ1) is 9.15. The molecule has 1 aromatic rings. The monoisotopic (exact) mass is 255 g/mol. The number of amides is 2. The van der Waals surface area contributed by atoms with Crippen LogP contribution in [0, 0.1) is 0 Å². The van der Waals surface area contributed by atoms with Crippen molar-refractivity contribution < 1.29 is 19.1 Å². The Bertz CT molecular complexity index is 639. The van der Waals surface area contributed by atoms with Crippen molar-refractivity contribution in [3.8, 4) is 0 Å². The predicted molar refractivity (Wildman–Crippen MR) is 66.3 cm³/mol. The zero-order valence-electron chi connectivity index (χ0n) is 9.83. The molecule has 0 fully saturated rings. The second-order valence-electron chi connectivity index (χ2n) is 4.17. The first-order valence-corrected chi connectivity index (χ1v) is 5.70. The van der Waals surface area contributed by atoms with Crippen molar-refractivity contribution in [2.24, 2.45) is 0 Å². The number of imide groups is 1. The lowest BCUT2D eigenvalue weighted by Gasteiger charge is -2.20. The Hall–Kier alpha value is -2.69. The molecule has 0 unspecified atom stereocenters. The third-order valence-electron chi connectivity index (χ3n) is 2.92. The van der Waals surface area contributed by atoms with Gasteiger partial charge in [0.25, 0.3) is 11.8 Å². The molecule has 3 rings (SSSR count). The molecule has 0 bridgehead atoms. The van der Waals surface area contributed by atoms with Crippen LogP contribution in [0.4, 0.5) is 0 Å². The average Bonchev–Trinajstić information content (AvgIpc) is 2.68. The molecule has 1 heterocycles. The molecule has 0 saturated heterocycles.